The van der Waals surface area contributed by atoms with Crippen LogP contribution in [-0.2, 0) is 19.3 Å². The Bertz CT molecular complexity index is 494. The largest absolute Gasteiger partial charge is 0.356 e. The minimum absolute atomic E-state index is 0.0371. The lowest BCUT2D eigenvalue weighted by molar-refractivity contribution is -0.106. The van der Waals surface area contributed by atoms with Crippen LogP contribution >= 0.6 is 0 Å². The Morgan fingerprint density at radius 1 is 1.28 bits per heavy atom. The van der Waals surface area contributed by atoms with Crippen LogP contribution in [0.5, 0.6) is 0 Å². The van der Waals surface area contributed by atoms with Gasteiger partial charge in [-0.05, 0) is 32.4 Å². The third-order valence-electron chi connectivity index (χ3n) is 2.70. The molecule has 1 aromatic rings. The van der Waals surface area contributed by atoms with Crippen LogP contribution in [0, 0.1) is 13.8 Å². The van der Waals surface area contributed by atoms with Crippen molar-refractivity contribution in [1.82, 2.24) is 0 Å². The molecule has 0 fully saturated rings. The number of rotatable bonds is 6. The summed E-state index contributed by atoms with van der Waals surface area (Å²) in [6, 6.07) is 5.32. The van der Waals surface area contributed by atoms with Gasteiger partial charge in [-0.1, -0.05) is 17.7 Å². The van der Waals surface area contributed by atoms with E-state index in [2.05, 4.69) is 0 Å². The molecule has 0 aliphatic carbocycles. The van der Waals surface area contributed by atoms with Crippen molar-refractivity contribution in [2.75, 3.05) is 19.5 Å². The van der Waals surface area contributed by atoms with Crippen LogP contribution in [0.4, 0.5) is 0 Å². The van der Waals surface area contributed by atoms with Crippen molar-refractivity contribution in [1.29, 1.82) is 0 Å². The molecule has 1 atom stereocenters. The SMILES string of the molecule is COC(C)OCCS(=O)(=O)c1ccc(C)cc1C. The van der Waals surface area contributed by atoms with E-state index in [1.165, 1.54) is 7.11 Å². The summed E-state index contributed by atoms with van der Waals surface area (Å²) in [5.41, 5.74) is 1.82. The molecule has 0 aliphatic heterocycles. The number of sulfone groups is 1. The highest BCUT2D eigenvalue weighted by Gasteiger charge is 2.17. The zero-order chi connectivity index (χ0) is 13.8. The first-order valence-corrected chi connectivity index (χ1v) is 7.46. The van der Waals surface area contributed by atoms with Crippen LogP contribution in [0.2, 0.25) is 0 Å². The van der Waals surface area contributed by atoms with Crippen molar-refractivity contribution in [2.24, 2.45) is 0 Å². The Hall–Kier alpha value is -0.910. The fourth-order valence-corrected chi connectivity index (χ4v) is 3.01. The van der Waals surface area contributed by atoms with E-state index in [1.54, 1.807) is 26.0 Å². The number of methoxy groups -OCH3 is 1. The molecule has 0 aromatic heterocycles. The highest BCUT2D eigenvalue weighted by Crippen LogP contribution is 2.18. The number of hydrogen-bond donors (Lipinski definition) is 0. The lowest BCUT2D eigenvalue weighted by Crippen LogP contribution is -2.18. The van der Waals surface area contributed by atoms with E-state index in [1.807, 2.05) is 13.0 Å². The molecule has 0 heterocycles. The van der Waals surface area contributed by atoms with Crippen molar-refractivity contribution in [3.8, 4) is 0 Å². The van der Waals surface area contributed by atoms with E-state index in [0.717, 1.165) is 11.1 Å². The maximum Gasteiger partial charge on any atom is 0.180 e. The molecule has 5 heteroatoms. The summed E-state index contributed by atoms with van der Waals surface area (Å²) in [4.78, 5) is 0.377. The standard InChI is InChI=1S/C13H20O4S/c1-10-5-6-13(11(2)9-10)18(14,15)8-7-17-12(3)16-4/h5-6,9,12H,7-8H2,1-4H3. The third kappa shape index (κ3) is 4.08. The quantitative estimate of drug-likeness (QED) is 0.744. The van der Waals surface area contributed by atoms with Gasteiger partial charge in [0.05, 0.1) is 17.3 Å². The third-order valence-corrected chi connectivity index (χ3v) is 4.53. The summed E-state index contributed by atoms with van der Waals surface area (Å²) in [5, 5.41) is 0. The summed E-state index contributed by atoms with van der Waals surface area (Å²) in [6.07, 6.45) is -0.390. The fourth-order valence-electron chi connectivity index (χ4n) is 1.65. The Kier molecular flexibility index (Phi) is 5.31. The second kappa shape index (κ2) is 6.31. The van der Waals surface area contributed by atoms with E-state index >= 15 is 0 Å². The van der Waals surface area contributed by atoms with Crippen molar-refractivity contribution in [3.63, 3.8) is 0 Å². The molecule has 1 unspecified atom stereocenters. The summed E-state index contributed by atoms with van der Waals surface area (Å²) >= 11 is 0. The molecule has 0 N–H and O–H groups in total. The molecular weight excluding hydrogens is 252 g/mol. The smallest absolute Gasteiger partial charge is 0.180 e. The van der Waals surface area contributed by atoms with Crippen molar-refractivity contribution in [3.05, 3.63) is 29.3 Å². The van der Waals surface area contributed by atoms with Gasteiger partial charge in [-0.2, -0.15) is 0 Å². The van der Waals surface area contributed by atoms with Crippen LogP contribution in [-0.4, -0.2) is 34.2 Å². The van der Waals surface area contributed by atoms with E-state index < -0.39 is 9.84 Å². The zero-order valence-electron chi connectivity index (χ0n) is 11.3. The first kappa shape index (κ1) is 15.1. The molecule has 4 nitrogen and oxygen atoms in total. The van der Waals surface area contributed by atoms with E-state index in [-0.39, 0.29) is 18.6 Å². The van der Waals surface area contributed by atoms with Gasteiger partial charge in [0.25, 0.3) is 0 Å². The number of hydrogen-bond acceptors (Lipinski definition) is 4. The normalized spacial score (nSPS) is 13.6. The highest BCUT2D eigenvalue weighted by molar-refractivity contribution is 7.91. The van der Waals surface area contributed by atoms with Gasteiger partial charge in [0.2, 0.25) is 0 Å². The lowest BCUT2D eigenvalue weighted by Gasteiger charge is -2.12. The summed E-state index contributed by atoms with van der Waals surface area (Å²) in [5.74, 6) is -0.0371. The molecule has 18 heavy (non-hydrogen) atoms. The van der Waals surface area contributed by atoms with Crippen LogP contribution in [0.25, 0.3) is 0 Å². The van der Waals surface area contributed by atoms with Crippen LogP contribution in [0.3, 0.4) is 0 Å². The highest BCUT2D eigenvalue weighted by atomic mass is 32.2. The first-order valence-electron chi connectivity index (χ1n) is 5.81. The monoisotopic (exact) mass is 272 g/mol. The summed E-state index contributed by atoms with van der Waals surface area (Å²) < 4.78 is 34.3. The topological polar surface area (TPSA) is 52.6 Å². The summed E-state index contributed by atoms with van der Waals surface area (Å²) in [7, 11) is -1.78. The van der Waals surface area contributed by atoms with Crippen LogP contribution in [0.15, 0.2) is 23.1 Å². The van der Waals surface area contributed by atoms with Gasteiger partial charge >= 0.3 is 0 Å². The minimum Gasteiger partial charge on any atom is -0.356 e. The second-order valence-corrected chi connectivity index (χ2v) is 6.34. The van der Waals surface area contributed by atoms with Crippen LogP contribution in [0.1, 0.15) is 18.1 Å². The van der Waals surface area contributed by atoms with Gasteiger partial charge < -0.3 is 9.47 Å². The summed E-state index contributed by atoms with van der Waals surface area (Å²) in [6.45, 7) is 5.60. The van der Waals surface area contributed by atoms with E-state index in [4.69, 9.17) is 9.47 Å². The maximum atomic E-state index is 12.1. The van der Waals surface area contributed by atoms with Crippen molar-refractivity contribution >= 4 is 9.84 Å². The molecule has 1 rings (SSSR count). The average Bonchev–Trinajstić information content (AvgIpc) is 2.27. The van der Waals surface area contributed by atoms with Gasteiger partial charge in [0, 0.05) is 7.11 Å². The number of ether oxygens (including phenoxy) is 2. The average molecular weight is 272 g/mol. The predicted octanol–water partition coefficient (Wildman–Crippen LogP) is 2.09. The van der Waals surface area contributed by atoms with E-state index in [0.29, 0.717) is 4.90 Å². The molecule has 0 aliphatic rings. The molecular formula is C13H20O4S. The second-order valence-electron chi connectivity index (χ2n) is 4.26. The minimum atomic E-state index is -3.29. The maximum absolute atomic E-state index is 12.1. The molecule has 0 saturated carbocycles. The Balaban J connectivity index is 2.74. The predicted molar refractivity (Wildman–Crippen MR) is 70.4 cm³/mol. The molecule has 0 amide bonds. The van der Waals surface area contributed by atoms with Gasteiger partial charge in [0.15, 0.2) is 16.1 Å². The van der Waals surface area contributed by atoms with Gasteiger partial charge in [-0.3, -0.25) is 0 Å². The molecule has 0 saturated heterocycles. The van der Waals surface area contributed by atoms with E-state index in [9.17, 15) is 8.42 Å². The Labute approximate surface area is 109 Å². The van der Waals surface area contributed by atoms with Crippen LogP contribution < -0.4 is 0 Å². The van der Waals surface area contributed by atoms with Gasteiger partial charge in [-0.25, -0.2) is 8.42 Å². The number of aryl methyl sites for hydroxylation is 2. The molecule has 0 bridgehead atoms. The van der Waals surface area contributed by atoms with Gasteiger partial charge in [0.1, 0.15) is 0 Å². The van der Waals surface area contributed by atoms with Crippen molar-refractivity contribution < 1.29 is 17.9 Å². The molecule has 0 spiro atoms. The molecule has 1 aromatic carbocycles. The van der Waals surface area contributed by atoms with Crippen molar-refractivity contribution in [2.45, 2.75) is 32.0 Å². The molecule has 102 valence electrons. The molecule has 0 radical (unpaired) electrons. The number of benzene rings is 1. The first-order chi connectivity index (χ1) is 8.36. The Morgan fingerprint density at radius 3 is 2.50 bits per heavy atom. The van der Waals surface area contributed by atoms with Gasteiger partial charge in [-0.15, -0.1) is 0 Å². The lowest BCUT2D eigenvalue weighted by atomic mass is 10.2. The fraction of sp³-hybridized carbons (Fsp3) is 0.538. The Morgan fingerprint density at radius 2 is 1.94 bits per heavy atom. The zero-order valence-corrected chi connectivity index (χ0v) is 12.1.